The summed E-state index contributed by atoms with van der Waals surface area (Å²) in [4.78, 5) is 25.4. The highest BCUT2D eigenvalue weighted by Crippen LogP contribution is 2.29. The van der Waals surface area contributed by atoms with E-state index in [-0.39, 0.29) is 24.8 Å². The van der Waals surface area contributed by atoms with Crippen molar-refractivity contribution in [3.05, 3.63) is 48.2 Å². The van der Waals surface area contributed by atoms with E-state index in [9.17, 15) is 14.7 Å². The second kappa shape index (κ2) is 5.92. The van der Waals surface area contributed by atoms with Crippen LogP contribution in [0.5, 0.6) is 0 Å². The number of aliphatic carboxylic acids is 1. The van der Waals surface area contributed by atoms with E-state index in [0.717, 1.165) is 21.7 Å². The first-order valence-electron chi connectivity index (χ1n) is 8.43. The minimum atomic E-state index is -0.835. The van der Waals surface area contributed by atoms with E-state index >= 15 is 0 Å². The van der Waals surface area contributed by atoms with Gasteiger partial charge in [0.1, 0.15) is 11.3 Å². The molecule has 2 aromatic carbocycles. The van der Waals surface area contributed by atoms with E-state index in [0.29, 0.717) is 12.3 Å². The summed E-state index contributed by atoms with van der Waals surface area (Å²) in [7, 11) is 0. The van der Waals surface area contributed by atoms with Crippen LogP contribution in [0.2, 0.25) is 0 Å². The number of benzene rings is 2. The predicted octanol–water partition coefficient (Wildman–Crippen LogP) is 3.31. The van der Waals surface area contributed by atoms with Gasteiger partial charge in [0.2, 0.25) is 5.91 Å². The minimum Gasteiger partial charge on any atom is -0.481 e. The zero-order chi connectivity index (χ0) is 17.6. The van der Waals surface area contributed by atoms with Crippen molar-refractivity contribution in [1.82, 2.24) is 4.90 Å². The molecule has 3 aromatic rings. The molecule has 128 valence electrons. The van der Waals surface area contributed by atoms with E-state index in [2.05, 4.69) is 0 Å². The molecule has 1 N–H and O–H groups in total. The fourth-order valence-corrected chi connectivity index (χ4v) is 3.69. The Morgan fingerprint density at radius 2 is 1.96 bits per heavy atom. The van der Waals surface area contributed by atoms with Gasteiger partial charge in [-0.1, -0.05) is 37.3 Å². The fraction of sp³-hybridized carbons (Fsp3) is 0.300. The summed E-state index contributed by atoms with van der Waals surface area (Å²) in [6.07, 6.45) is 0.155. The molecule has 1 aliphatic rings. The van der Waals surface area contributed by atoms with E-state index < -0.39 is 11.9 Å². The molecule has 1 amide bonds. The smallest absolute Gasteiger partial charge is 0.308 e. The van der Waals surface area contributed by atoms with Gasteiger partial charge in [-0.05, 0) is 28.8 Å². The molecule has 0 saturated carbocycles. The molecule has 0 bridgehead atoms. The Balaban J connectivity index is 1.58. The van der Waals surface area contributed by atoms with Gasteiger partial charge in [0.25, 0.3) is 0 Å². The van der Waals surface area contributed by atoms with Crippen molar-refractivity contribution in [2.24, 2.45) is 11.8 Å². The quantitative estimate of drug-likeness (QED) is 0.796. The van der Waals surface area contributed by atoms with Crippen molar-refractivity contribution in [2.45, 2.75) is 13.3 Å². The molecular formula is C20H19NO4. The molecule has 2 atom stereocenters. The molecule has 1 aliphatic heterocycles. The first-order chi connectivity index (χ1) is 12.0. The standard InChI is InChI=1S/C20H19NO4/c1-12-10-21(11-17(12)20(23)24)19(22)9-14-8-16-15-5-3-2-4-13(15)6-7-18(16)25-14/h2-8,12,17H,9-11H2,1H3,(H,23,24)/t12-,17-/m1/s1. The van der Waals surface area contributed by atoms with Crippen molar-refractivity contribution in [1.29, 1.82) is 0 Å². The van der Waals surface area contributed by atoms with Crippen molar-refractivity contribution in [3.63, 3.8) is 0 Å². The Kier molecular flexibility index (Phi) is 3.71. The van der Waals surface area contributed by atoms with Gasteiger partial charge < -0.3 is 14.4 Å². The molecule has 5 nitrogen and oxygen atoms in total. The number of hydrogen-bond donors (Lipinski definition) is 1. The number of amides is 1. The average molecular weight is 337 g/mol. The number of fused-ring (bicyclic) bond motifs is 3. The highest BCUT2D eigenvalue weighted by Gasteiger charge is 2.36. The first kappa shape index (κ1) is 15.7. The molecule has 1 saturated heterocycles. The van der Waals surface area contributed by atoms with Crippen LogP contribution in [-0.2, 0) is 16.0 Å². The lowest BCUT2D eigenvalue weighted by molar-refractivity contribution is -0.142. The predicted molar refractivity (Wildman–Crippen MR) is 94.3 cm³/mol. The third-order valence-electron chi connectivity index (χ3n) is 5.08. The monoisotopic (exact) mass is 337 g/mol. The molecule has 0 radical (unpaired) electrons. The van der Waals surface area contributed by atoms with Crippen LogP contribution in [-0.4, -0.2) is 35.0 Å². The van der Waals surface area contributed by atoms with Crippen molar-refractivity contribution in [3.8, 4) is 0 Å². The molecule has 4 rings (SSSR count). The number of carboxylic acid groups (broad SMARTS) is 1. The van der Waals surface area contributed by atoms with Crippen LogP contribution in [0.4, 0.5) is 0 Å². The molecule has 1 aromatic heterocycles. The van der Waals surface area contributed by atoms with Crippen LogP contribution >= 0.6 is 0 Å². The highest BCUT2D eigenvalue weighted by molar-refractivity contribution is 6.06. The van der Waals surface area contributed by atoms with Crippen LogP contribution in [0.3, 0.4) is 0 Å². The Morgan fingerprint density at radius 1 is 1.16 bits per heavy atom. The molecule has 5 heteroatoms. The molecule has 0 unspecified atom stereocenters. The molecule has 0 aliphatic carbocycles. The van der Waals surface area contributed by atoms with Gasteiger partial charge in [-0.2, -0.15) is 0 Å². The van der Waals surface area contributed by atoms with Gasteiger partial charge in [-0.15, -0.1) is 0 Å². The molecule has 25 heavy (non-hydrogen) atoms. The van der Waals surface area contributed by atoms with Crippen LogP contribution in [0.1, 0.15) is 12.7 Å². The van der Waals surface area contributed by atoms with Gasteiger partial charge in [-0.3, -0.25) is 9.59 Å². The SMILES string of the molecule is C[C@@H]1CN(C(=O)Cc2cc3c(ccc4ccccc43)o2)C[C@H]1C(=O)O. The zero-order valence-electron chi connectivity index (χ0n) is 13.9. The molecule has 2 heterocycles. The number of furan rings is 1. The summed E-state index contributed by atoms with van der Waals surface area (Å²) in [5.41, 5.74) is 0.764. The van der Waals surface area contributed by atoms with E-state index in [1.165, 1.54) is 0 Å². The maximum atomic E-state index is 12.5. The van der Waals surface area contributed by atoms with E-state index in [1.54, 1.807) is 4.90 Å². The van der Waals surface area contributed by atoms with Crippen LogP contribution < -0.4 is 0 Å². The van der Waals surface area contributed by atoms with Crippen molar-refractivity contribution < 1.29 is 19.1 Å². The lowest BCUT2D eigenvalue weighted by Crippen LogP contribution is -2.31. The topological polar surface area (TPSA) is 70.8 Å². The third kappa shape index (κ3) is 2.76. The number of likely N-dealkylation sites (tertiary alicyclic amines) is 1. The number of hydrogen-bond acceptors (Lipinski definition) is 3. The normalized spacial score (nSPS) is 20.4. The lowest BCUT2D eigenvalue weighted by atomic mass is 9.99. The Labute approximate surface area is 144 Å². The summed E-state index contributed by atoms with van der Waals surface area (Å²) in [6.45, 7) is 2.64. The van der Waals surface area contributed by atoms with Crippen LogP contribution in [0, 0.1) is 11.8 Å². The molecule has 1 fully saturated rings. The number of rotatable bonds is 3. The van der Waals surface area contributed by atoms with E-state index in [1.807, 2.05) is 49.4 Å². The maximum Gasteiger partial charge on any atom is 0.308 e. The summed E-state index contributed by atoms with van der Waals surface area (Å²) in [5, 5.41) is 12.4. The van der Waals surface area contributed by atoms with Crippen molar-refractivity contribution in [2.75, 3.05) is 13.1 Å². The Hall–Kier alpha value is -2.82. The fourth-order valence-electron chi connectivity index (χ4n) is 3.69. The van der Waals surface area contributed by atoms with Gasteiger partial charge in [0.05, 0.1) is 12.3 Å². The highest BCUT2D eigenvalue weighted by atomic mass is 16.4. The second-order valence-corrected chi connectivity index (χ2v) is 6.81. The van der Waals surface area contributed by atoms with Crippen LogP contribution in [0.15, 0.2) is 46.9 Å². The first-order valence-corrected chi connectivity index (χ1v) is 8.43. The van der Waals surface area contributed by atoms with Crippen LogP contribution in [0.25, 0.3) is 21.7 Å². The minimum absolute atomic E-state index is 0.0268. The van der Waals surface area contributed by atoms with Gasteiger partial charge in [0, 0.05) is 18.5 Å². The number of carboxylic acids is 1. The average Bonchev–Trinajstić information content (AvgIpc) is 3.18. The maximum absolute atomic E-state index is 12.5. The van der Waals surface area contributed by atoms with Crippen molar-refractivity contribution >= 4 is 33.6 Å². The zero-order valence-corrected chi connectivity index (χ0v) is 13.9. The number of carbonyl (C=O) groups is 2. The van der Waals surface area contributed by atoms with E-state index in [4.69, 9.17) is 4.42 Å². The summed E-state index contributed by atoms with van der Waals surface area (Å²) >= 11 is 0. The summed E-state index contributed by atoms with van der Waals surface area (Å²) < 4.78 is 5.84. The lowest BCUT2D eigenvalue weighted by Gasteiger charge is -2.14. The Bertz CT molecular complexity index is 974. The largest absolute Gasteiger partial charge is 0.481 e. The molecule has 0 spiro atoms. The number of nitrogens with zero attached hydrogens (tertiary/aromatic N) is 1. The summed E-state index contributed by atoms with van der Waals surface area (Å²) in [5.74, 6) is -0.815. The Morgan fingerprint density at radius 3 is 2.72 bits per heavy atom. The molecular weight excluding hydrogens is 318 g/mol. The van der Waals surface area contributed by atoms with Gasteiger partial charge in [-0.25, -0.2) is 0 Å². The summed E-state index contributed by atoms with van der Waals surface area (Å²) in [6, 6.07) is 13.9. The van der Waals surface area contributed by atoms with Gasteiger partial charge >= 0.3 is 5.97 Å². The third-order valence-corrected chi connectivity index (χ3v) is 5.08. The number of carbonyl (C=O) groups excluding carboxylic acids is 1. The second-order valence-electron chi connectivity index (χ2n) is 6.81. The van der Waals surface area contributed by atoms with Gasteiger partial charge in [0.15, 0.2) is 0 Å².